The van der Waals surface area contributed by atoms with Crippen molar-refractivity contribution >= 4 is 45.7 Å². The predicted molar refractivity (Wildman–Crippen MR) is 102 cm³/mol. The van der Waals surface area contributed by atoms with Crippen LogP contribution in [0.2, 0.25) is 0 Å². The molecule has 25 heavy (non-hydrogen) atoms. The molecule has 0 aliphatic heterocycles. The molecule has 4 N–H and O–H groups in total. The lowest BCUT2D eigenvalue weighted by Crippen LogP contribution is -2.22. The number of nitrogens with zero attached hydrogens (tertiary/aromatic N) is 2. The maximum Gasteiger partial charge on any atom is 0.248 e. The lowest BCUT2D eigenvalue weighted by molar-refractivity contribution is -0.115. The third-order valence-corrected chi connectivity index (χ3v) is 5.22. The van der Waals surface area contributed by atoms with E-state index in [0.717, 1.165) is 16.0 Å². The van der Waals surface area contributed by atoms with Gasteiger partial charge >= 0.3 is 0 Å². The summed E-state index contributed by atoms with van der Waals surface area (Å²) < 4.78 is 0.734. The molecule has 0 fully saturated rings. The van der Waals surface area contributed by atoms with Gasteiger partial charge in [0.2, 0.25) is 16.9 Å². The summed E-state index contributed by atoms with van der Waals surface area (Å²) in [6.07, 6.45) is 0. The highest BCUT2D eigenvalue weighted by atomic mass is 32.2. The van der Waals surface area contributed by atoms with E-state index in [1.807, 2.05) is 0 Å². The maximum atomic E-state index is 12.3. The molecule has 0 saturated carbocycles. The fourth-order valence-corrected chi connectivity index (χ4v) is 3.69. The second-order valence-corrected chi connectivity index (χ2v) is 8.40. The summed E-state index contributed by atoms with van der Waals surface area (Å²) in [5.74, 6) is -0.130. The van der Waals surface area contributed by atoms with Gasteiger partial charge in [0.25, 0.3) is 0 Å². The number of primary amides is 1. The van der Waals surface area contributed by atoms with Crippen molar-refractivity contribution < 1.29 is 9.59 Å². The van der Waals surface area contributed by atoms with Gasteiger partial charge in [-0.25, -0.2) is 0 Å². The number of hydrogen-bond donors (Lipinski definition) is 3. The minimum absolute atomic E-state index is 0.149. The number of thioether (sulfide) groups is 1. The number of nitrogens with two attached hydrogens (primary N) is 1. The van der Waals surface area contributed by atoms with E-state index >= 15 is 0 Å². The largest absolute Gasteiger partial charge is 0.366 e. The van der Waals surface area contributed by atoms with Gasteiger partial charge in [0.1, 0.15) is 0 Å². The first-order valence-corrected chi connectivity index (χ1v) is 9.49. The van der Waals surface area contributed by atoms with E-state index in [1.165, 1.54) is 23.1 Å². The van der Waals surface area contributed by atoms with Crippen LogP contribution in [0, 0.1) is 5.92 Å². The number of carbonyl (C=O) groups excluding carboxylic acids is 2. The summed E-state index contributed by atoms with van der Waals surface area (Å²) in [5.41, 5.74) is 6.20. The first kappa shape index (κ1) is 19.2. The summed E-state index contributed by atoms with van der Waals surface area (Å²) in [7, 11) is 0. The second kappa shape index (κ2) is 8.82. The zero-order chi connectivity index (χ0) is 18.4. The number of rotatable bonds is 8. The minimum atomic E-state index is -0.500. The third-order valence-electron chi connectivity index (χ3n) is 3.15. The van der Waals surface area contributed by atoms with E-state index < -0.39 is 5.91 Å². The number of anilines is 2. The molecule has 2 aromatic rings. The lowest BCUT2D eigenvalue weighted by atomic mass is 10.2. The highest BCUT2D eigenvalue weighted by Gasteiger charge is 2.17. The molecular weight excluding hydrogens is 358 g/mol. The lowest BCUT2D eigenvalue weighted by Gasteiger charge is -2.10. The average molecular weight is 380 g/mol. The molecule has 1 heterocycles. The Kier molecular flexibility index (Phi) is 6.77. The molecule has 134 valence electrons. The van der Waals surface area contributed by atoms with Crippen LogP contribution in [0.25, 0.3) is 0 Å². The van der Waals surface area contributed by atoms with Gasteiger partial charge in [0.15, 0.2) is 4.34 Å². The van der Waals surface area contributed by atoms with Crippen molar-refractivity contribution in [3.8, 4) is 0 Å². The van der Waals surface area contributed by atoms with Crippen LogP contribution in [-0.2, 0) is 4.79 Å². The van der Waals surface area contributed by atoms with Crippen molar-refractivity contribution in [2.75, 3.05) is 17.2 Å². The van der Waals surface area contributed by atoms with Gasteiger partial charge in [-0.2, -0.15) is 0 Å². The molecule has 1 aromatic carbocycles. The van der Waals surface area contributed by atoms with Crippen molar-refractivity contribution in [3.05, 3.63) is 29.8 Å². The Hall–Kier alpha value is -2.13. The summed E-state index contributed by atoms with van der Waals surface area (Å²) >= 11 is 2.78. The smallest absolute Gasteiger partial charge is 0.248 e. The number of aromatic nitrogens is 2. The van der Waals surface area contributed by atoms with E-state index in [2.05, 4.69) is 34.7 Å². The van der Waals surface area contributed by atoms with Crippen LogP contribution in [0.5, 0.6) is 0 Å². The van der Waals surface area contributed by atoms with Gasteiger partial charge in [-0.1, -0.05) is 36.9 Å². The van der Waals surface area contributed by atoms with Gasteiger partial charge in [-0.3, -0.25) is 9.59 Å². The van der Waals surface area contributed by atoms with Gasteiger partial charge in [-0.15, -0.1) is 10.2 Å². The number of amides is 2. The Bertz CT molecular complexity index is 730. The van der Waals surface area contributed by atoms with E-state index in [1.54, 1.807) is 31.2 Å². The Morgan fingerprint density at radius 2 is 1.88 bits per heavy atom. The van der Waals surface area contributed by atoms with Crippen molar-refractivity contribution in [1.82, 2.24) is 10.2 Å². The highest BCUT2D eigenvalue weighted by molar-refractivity contribution is 8.02. The molecule has 0 unspecified atom stereocenters. The zero-order valence-corrected chi connectivity index (χ0v) is 15.9. The average Bonchev–Trinajstić information content (AvgIpc) is 3.00. The quantitative estimate of drug-likeness (QED) is 0.608. The monoisotopic (exact) mass is 379 g/mol. The van der Waals surface area contributed by atoms with Crippen LogP contribution in [0.15, 0.2) is 28.6 Å². The number of nitrogens with one attached hydrogen (secondary N) is 2. The Labute approximate surface area is 154 Å². The van der Waals surface area contributed by atoms with Crippen molar-refractivity contribution in [2.45, 2.75) is 30.4 Å². The van der Waals surface area contributed by atoms with E-state index in [-0.39, 0.29) is 11.2 Å². The first-order valence-electron chi connectivity index (χ1n) is 7.80. The van der Waals surface area contributed by atoms with Crippen molar-refractivity contribution in [1.29, 1.82) is 0 Å². The van der Waals surface area contributed by atoms with Gasteiger partial charge in [-0.05, 0) is 37.1 Å². The number of hydrogen-bond acceptors (Lipinski definition) is 7. The van der Waals surface area contributed by atoms with Crippen LogP contribution in [-0.4, -0.2) is 33.8 Å². The van der Waals surface area contributed by atoms with E-state index in [0.29, 0.717) is 17.2 Å². The fourth-order valence-electron chi connectivity index (χ4n) is 1.79. The second-order valence-electron chi connectivity index (χ2n) is 5.84. The van der Waals surface area contributed by atoms with Gasteiger partial charge < -0.3 is 16.4 Å². The molecule has 2 amide bonds. The minimum Gasteiger partial charge on any atom is -0.366 e. The molecule has 0 saturated heterocycles. The molecule has 0 radical (unpaired) electrons. The summed E-state index contributed by atoms with van der Waals surface area (Å²) in [4.78, 5) is 23.3. The molecule has 1 atom stereocenters. The molecule has 7 nitrogen and oxygen atoms in total. The summed E-state index contributed by atoms with van der Waals surface area (Å²) in [6.45, 7) is 6.87. The molecule has 2 rings (SSSR count). The Balaban J connectivity index is 1.88. The normalized spacial score (nSPS) is 12.0. The SMILES string of the molecule is CC(C)CNc1nnc(S[C@@H](C)C(=O)Nc2ccc(C(N)=O)cc2)s1. The zero-order valence-electron chi connectivity index (χ0n) is 14.3. The first-order chi connectivity index (χ1) is 11.8. The van der Waals surface area contributed by atoms with Gasteiger partial charge in [0.05, 0.1) is 5.25 Å². The molecule has 0 bridgehead atoms. The maximum absolute atomic E-state index is 12.3. The predicted octanol–water partition coefficient (Wildman–Crippen LogP) is 2.82. The topological polar surface area (TPSA) is 110 Å². The number of benzene rings is 1. The van der Waals surface area contributed by atoms with Crippen LogP contribution >= 0.6 is 23.1 Å². The summed E-state index contributed by atoms with van der Waals surface area (Å²) in [5, 5.41) is 14.6. The molecule has 9 heteroatoms. The van der Waals surface area contributed by atoms with Crippen LogP contribution < -0.4 is 16.4 Å². The van der Waals surface area contributed by atoms with Crippen molar-refractivity contribution in [2.24, 2.45) is 11.7 Å². The highest BCUT2D eigenvalue weighted by Crippen LogP contribution is 2.29. The van der Waals surface area contributed by atoms with Crippen LogP contribution in [0.1, 0.15) is 31.1 Å². The fraction of sp³-hybridized carbons (Fsp3) is 0.375. The summed E-state index contributed by atoms with van der Waals surface area (Å²) in [6, 6.07) is 6.45. The van der Waals surface area contributed by atoms with E-state index in [9.17, 15) is 9.59 Å². The van der Waals surface area contributed by atoms with Gasteiger partial charge in [0, 0.05) is 17.8 Å². The molecule has 0 aliphatic rings. The standard InChI is InChI=1S/C16H21N5O2S2/c1-9(2)8-18-15-20-21-16(25-15)24-10(3)14(23)19-12-6-4-11(5-7-12)13(17)22/h4-7,9-10H,8H2,1-3H3,(H2,17,22)(H,18,20)(H,19,23)/t10-/m0/s1. The molecule has 1 aromatic heterocycles. The Morgan fingerprint density at radius 3 is 2.48 bits per heavy atom. The number of carbonyl (C=O) groups is 2. The van der Waals surface area contributed by atoms with E-state index in [4.69, 9.17) is 5.73 Å². The Morgan fingerprint density at radius 1 is 1.20 bits per heavy atom. The molecule has 0 spiro atoms. The molecule has 0 aliphatic carbocycles. The van der Waals surface area contributed by atoms with Crippen LogP contribution in [0.3, 0.4) is 0 Å². The molecular formula is C16H21N5O2S2. The third kappa shape index (κ3) is 6.02. The van der Waals surface area contributed by atoms with Crippen molar-refractivity contribution in [3.63, 3.8) is 0 Å². The van der Waals surface area contributed by atoms with Crippen LogP contribution in [0.4, 0.5) is 10.8 Å².